The lowest BCUT2D eigenvalue weighted by molar-refractivity contribution is -0.119. The van der Waals surface area contributed by atoms with Gasteiger partial charge >= 0.3 is 0 Å². The van der Waals surface area contributed by atoms with E-state index in [-0.39, 0.29) is 18.1 Å². The number of hydrogen-bond acceptors (Lipinski definition) is 3. The van der Waals surface area contributed by atoms with Crippen LogP contribution in [0.5, 0.6) is 0 Å². The fourth-order valence-corrected chi connectivity index (χ4v) is 3.58. The van der Waals surface area contributed by atoms with Crippen LogP contribution in [0.3, 0.4) is 0 Å². The van der Waals surface area contributed by atoms with Crippen LogP contribution in [0.15, 0.2) is 24.3 Å². The van der Waals surface area contributed by atoms with Crippen LogP contribution in [0.4, 0.5) is 5.69 Å². The maximum Gasteiger partial charge on any atom is 0.228 e. The van der Waals surface area contributed by atoms with Gasteiger partial charge in [0, 0.05) is 25.2 Å². The molecule has 0 bridgehead atoms. The number of carbonyl (C=O) groups is 1. The average Bonchev–Trinajstić information content (AvgIpc) is 2.50. The van der Waals surface area contributed by atoms with E-state index in [1.54, 1.807) is 4.90 Å². The number of amides is 1. The largest absolute Gasteiger partial charge is 0.393 e. The van der Waals surface area contributed by atoms with E-state index in [0.717, 1.165) is 31.5 Å². The van der Waals surface area contributed by atoms with Gasteiger partial charge in [-0.15, -0.1) is 0 Å². The lowest BCUT2D eigenvalue weighted by atomic mass is 9.86. The van der Waals surface area contributed by atoms with E-state index < -0.39 is 0 Å². The first-order chi connectivity index (χ1) is 10.1. The Morgan fingerprint density at radius 1 is 1.33 bits per heavy atom. The Balaban J connectivity index is 1.68. The zero-order valence-corrected chi connectivity index (χ0v) is 12.6. The maximum atomic E-state index is 12.1. The van der Waals surface area contributed by atoms with Gasteiger partial charge in [0.2, 0.25) is 5.91 Å². The molecule has 3 rings (SSSR count). The smallest absolute Gasteiger partial charge is 0.228 e. The Morgan fingerprint density at radius 3 is 2.95 bits per heavy atom. The van der Waals surface area contributed by atoms with Gasteiger partial charge in [0.1, 0.15) is 0 Å². The van der Waals surface area contributed by atoms with E-state index in [2.05, 4.69) is 11.4 Å². The minimum Gasteiger partial charge on any atom is -0.393 e. The van der Waals surface area contributed by atoms with E-state index >= 15 is 0 Å². The number of nitrogens with one attached hydrogen (secondary N) is 1. The molecule has 1 aliphatic carbocycles. The summed E-state index contributed by atoms with van der Waals surface area (Å²) >= 11 is 0. The van der Waals surface area contributed by atoms with Gasteiger partial charge in [0.25, 0.3) is 0 Å². The highest BCUT2D eigenvalue weighted by Crippen LogP contribution is 2.34. The molecule has 1 aromatic rings. The molecule has 1 aliphatic heterocycles. The summed E-state index contributed by atoms with van der Waals surface area (Å²) in [6, 6.07) is 8.21. The van der Waals surface area contributed by atoms with Crippen LogP contribution in [-0.4, -0.2) is 30.7 Å². The van der Waals surface area contributed by atoms with Gasteiger partial charge in [0.15, 0.2) is 0 Å². The highest BCUT2D eigenvalue weighted by Gasteiger charge is 2.29. The number of anilines is 1. The van der Waals surface area contributed by atoms with Crippen LogP contribution >= 0.6 is 0 Å². The number of rotatable bonds is 3. The van der Waals surface area contributed by atoms with Gasteiger partial charge in [-0.25, -0.2) is 0 Å². The van der Waals surface area contributed by atoms with Gasteiger partial charge in [0.05, 0.1) is 6.10 Å². The molecule has 1 fully saturated rings. The number of para-hydroxylation sites is 1. The number of aliphatic hydroxyl groups is 1. The number of nitrogens with zero attached hydrogens (tertiary/aromatic N) is 1. The maximum absolute atomic E-state index is 12.1. The fraction of sp³-hybridized carbons (Fsp3) is 0.588. The van der Waals surface area contributed by atoms with E-state index in [1.807, 2.05) is 25.2 Å². The molecule has 4 heteroatoms. The number of hydrogen-bond donors (Lipinski definition) is 2. The summed E-state index contributed by atoms with van der Waals surface area (Å²) in [6.45, 7) is 0.882. The molecule has 4 nitrogen and oxygen atoms in total. The Kier molecular flexibility index (Phi) is 4.27. The molecular formula is C17H24N2O2. The third-order valence-electron chi connectivity index (χ3n) is 4.83. The van der Waals surface area contributed by atoms with Crippen molar-refractivity contribution in [3.05, 3.63) is 29.8 Å². The molecule has 0 radical (unpaired) electrons. The van der Waals surface area contributed by atoms with Gasteiger partial charge in [-0.2, -0.15) is 0 Å². The third kappa shape index (κ3) is 3.11. The van der Waals surface area contributed by atoms with Gasteiger partial charge in [-0.05, 0) is 43.4 Å². The van der Waals surface area contributed by atoms with Crippen molar-refractivity contribution in [2.24, 2.45) is 5.92 Å². The molecule has 2 aliphatic rings. The van der Waals surface area contributed by atoms with Crippen LogP contribution in [0.25, 0.3) is 0 Å². The van der Waals surface area contributed by atoms with Crippen molar-refractivity contribution in [2.45, 2.75) is 44.2 Å². The molecule has 0 aromatic heterocycles. The molecule has 0 saturated heterocycles. The molecule has 0 spiro atoms. The highest BCUT2D eigenvalue weighted by atomic mass is 16.3. The molecule has 3 unspecified atom stereocenters. The lowest BCUT2D eigenvalue weighted by Gasteiger charge is -2.34. The lowest BCUT2D eigenvalue weighted by Crippen LogP contribution is -2.39. The van der Waals surface area contributed by atoms with Crippen molar-refractivity contribution >= 4 is 11.6 Å². The predicted molar refractivity (Wildman–Crippen MR) is 83.2 cm³/mol. The topological polar surface area (TPSA) is 52.6 Å². The summed E-state index contributed by atoms with van der Waals surface area (Å²) in [5.41, 5.74) is 2.21. The van der Waals surface area contributed by atoms with Crippen molar-refractivity contribution in [3.63, 3.8) is 0 Å². The number of carbonyl (C=O) groups excluding carboxylic acids is 1. The van der Waals surface area contributed by atoms with E-state index in [0.29, 0.717) is 12.3 Å². The molecule has 1 saturated carbocycles. The minimum atomic E-state index is -0.142. The Labute approximate surface area is 126 Å². The second-order valence-electron chi connectivity index (χ2n) is 6.36. The third-order valence-corrected chi connectivity index (χ3v) is 4.83. The average molecular weight is 288 g/mol. The van der Waals surface area contributed by atoms with Gasteiger partial charge < -0.3 is 15.3 Å². The molecule has 1 aromatic carbocycles. The fourth-order valence-electron chi connectivity index (χ4n) is 3.58. The summed E-state index contributed by atoms with van der Waals surface area (Å²) in [5.74, 6) is 0.686. The molecule has 1 amide bonds. The Bertz CT molecular complexity index is 517. The van der Waals surface area contributed by atoms with Crippen molar-refractivity contribution in [2.75, 3.05) is 18.5 Å². The Hall–Kier alpha value is -1.39. The highest BCUT2D eigenvalue weighted by molar-refractivity contribution is 5.96. The molecule has 1 heterocycles. The first kappa shape index (κ1) is 14.5. The van der Waals surface area contributed by atoms with E-state index in [4.69, 9.17) is 0 Å². The van der Waals surface area contributed by atoms with Crippen molar-refractivity contribution in [3.8, 4) is 0 Å². The zero-order valence-electron chi connectivity index (χ0n) is 12.6. The molecule has 21 heavy (non-hydrogen) atoms. The monoisotopic (exact) mass is 288 g/mol. The van der Waals surface area contributed by atoms with Crippen LogP contribution in [0.1, 0.15) is 43.7 Å². The molecular weight excluding hydrogens is 264 g/mol. The number of aliphatic hydroxyl groups excluding tert-OH is 1. The number of fused-ring (bicyclic) bond motifs is 1. The Morgan fingerprint density at radius 2 is 2.14 bits per heavy atom. The summed E-state index contributed by atoms with van der Waals surface area (Å²) in [5, 5.41) is 13.3. The van der Waals surface area contributed by atoms with Crippen LogP contribution in [0.2, 0.25) is 0 Å². The molecule has 3 atom stereocenters. The van der Waals surface area contributed by atoms with Crippen molar-refractivity contribution in [1.29, 1.82) is 0 Å². The van der Waals surface area contributed by atoms with E-state index in [1.165, 1.54) is 12.0 Å². The first-order valence-electron chi connectivity index (χ1n) is 7.92. The SMILES string of the molecule is CN1C(=O)CC(NCC2CCCC(O)C2)c2ccccc21. The van der Waals surface area contributed by atoms with Gasteiger partial charge in [-0.3, -0.25) is 4.79 Å². The number of benzene rings is 1. The predicted octanol–water partition coefficient (Wildman–Crippen LogP) is 2.23. The van der Waals surface area contributed by atoms with Crippen LogP contribution < -0.4 is 10.2 Å². The quantitative estimate of drug-likeness (QED) is 0.897. The summed E-state index contributed by atoms with van der Waals surface area (Å²) in [6.07, 6.45) is 4.48. The van der Waals surface area contributed by atoms with Crippen LogP contribution in [0, 0.1) is 5.92 Å². The molecule has 114 valence electrons. The second kappa shape index (κ2) is 6.16. The van der Waals surface area contributed by atoms with Crippen molar-refractivity contribution in [1.82, 2.24) is 5.32 Å². The normalized spacial score (nSPS) is 29.3. The molecule has 2 N–H and O–H groups in total. The summed E-state index contributed by atoms with van der Waals surface area (Å²) in [7, 11) is 1.84. The van der Waals surface area contributed by atoms with Crippen molar-refractivity contribution < 1.29 is 9.90 Å². The zero-order chi connectivity index (χ0) is 14.8. The van der Waals surface area contributed by atoms with E-state index in [9.17, 15) is 9.90 Å². The minimum absolute atomic E-state index is 0.101. The first-order valence-corrected chi connectivity index (χ1v) is 7.92. The summed E-state index contributed by atoms with van der Waals surface area (Å²) in [4.78, 5) is 13.9. The summed E-state index contributed by atoms with van der Waals surface area (Å²) < 4.78 is 0. The standard InChI is InChI=1S/C17H24N2O2/c1-19-16-8-3-2-7-14(16)15(10-17(19)21)18-11-12-5-4-6-13(20)9-12/h2-3,7-8,12-13,15,18,20H,4-6,9-11H2,1H3. The van der Waals surface area contributed by atoms with Gasteiger partial charge in [-0.1, -0.05) is 24.6 Å². The second-order valence-corrected chi connectivity index (χ2v) is 6.36. The van der Waals surface area contributed by atoms with Crippen LogP contribution in [-0.2, 0) is 4.79 Å².